The van der Waals surface area contributed by atoms with Crippen LogP contribution in [-0.2, 0) is 126 Å². The Bertz CT molecular complexity index is 4820. The number of hydrogen-bond donors (Lipinski definition) is 23. The summed E-state index contributed by atoms with van der Waals surface area (Å²) in [6.45, 7) is 3.87. The van der Waals surface area contributed by atoms with Crippen molar-refractivity contribution in [3.63, 3.8) is 0 Å². The van der Waals surface area contributed by atoms with Gasteiger partial charge in [0, 0.05) is 64.7 Å². The molecular formula is C98H148N26O18. The Balaban J connectivity index is 1.03. The van der Waals surface area contributed by atoms with Gasteiger partial charge in [-0.3, -0.25) is 73.1 Å². The maximum atomic E-state index is 15.2. The highest BCUT2D eigenvalue weighted by atomic mass is 16.6. The number of aromatic nitrogens is 3. The molecule has 2 heterocycles. The number of nitrogens with two attached hydrogens (primary N) is 6. The second kappa shape index (κ2) is 63.5. The number of carbonyl (C=O) groups excluding carboxylic acids is 14. The lowest BCUT2D eigenvalue weighted by Gasteiger charge is -2.28. The first-order valence-corrected chi connectivity index (χ1v) is 49.5. The maximum absolute atomic E-state index is 15.2. The minimum Gasteiger partial charge on any atom is -0.449 e. The molecule has 8 rings (SSSR count). The lowest BCUT2D eigenvalue weighted by atomic mass is 10.0. The minimum atomic E-state index is -1.48. The molecule has 14 amide bonds. The number of guanidine groups is 2. The Kier molecular flexibility index (Phi) is 51.0. The summed E-state index contributed by atoms with van der Waals surface area (Å²) in [4.78, 5) is 202. The predicted octanol–water partition coefficient (Wildman–Crippen LogP) is -1.40. The highest BCUT2D eigenvalue weighted by molar-refractivity contribution is 6.00. The zero-order chi connectivity index (χ0) is 102. The molecule has 1 fully saturated rings. The van der Waals surface area contributed by atoms with Gasteiger partial charge in [0.1, 0.15) is 66.5 Å². The number of alkyl carbamates (subject to hydrolysis) is 1. The SMILES string of the molecule is C[C@@H]1NC(=O)[C@H](CCCCN)NC(=O)[C@H](CCCNC(=N)N)NC(=O)[C@H](Cc2ccccc2)NC(=O)[C@H](CCCCN)NC(=O)CCOCCOCCNC(=O)OCC2C3CCc4nnn(c4CCC32)CCOCCC(=O)NCCCC[C@@H](C(N)=O)NC(=O)[C@H](Cc2ccccc2)NC(=O)[C@H](Cc2ccccc2)NC(=O)[C@H](CCCNC(=N)N)NC(=O)[C@H](CCCCN)NC(=O)[C@H](Cc2ccccc2)NC1=O. The number of fused-ring (bicyclic) bond motifs is 2. The van der Waals surface area contributed by atoms with Crippen molar-refractivity contribution >= 4 is 94.8 Å². The zero-order valence-electron chi connectivity index (χ0n) is 81.3. The molecule has 1 saturated carbocycles. The van der Waals surface area contributed by atoms with E-state index in [9.17, 15) is 47.9 Å². The Morgan fingerprint density at radius 2 is 0.761 bits per heavy atom. The smallest absolute Gasteiger partial charge is 0.407 e. The molecule has 142 heavy (non-hydrogen) atoms. The molecule has 0 saturated heterocycles. The predicted molar refractivity (Wildman–Crippen MR) is 529 cm³/mol. The minimum absolute atomic E-state index is 0.0370. The third-order valence-electron chi connectivity index (χ3n) is 24.9. The van der Waals surface area contributed by atoms with E-state index in [2.05, 4.69) is 90.1 Å². The van der Waals surface area contributed by atoms with Crippen molar-refractivity contribution in [3.8, 4) is 0 Å². The molecule has 3 unspecified atom stereocenters. The van der Waals surface area contributed by atoms with Crippen LogP contribution in [0, 0.1) is 28.6 Å². The van der Waals surface area contributed by atoms with E-state index in [-0.39, 0.29) is 219 Å². The van der Waals surface area contributed by atoms with Crippen molar-refractivity contribution in [1.29, 1.82) is 10.8 Å². The number of ether oxygens (including phenoxy) is 4. The summed E-state index contributed by atoms with van der Waals surface area (Å²) in [5, 5.41) is 66.1. The van der Waals surface area contributed by atoms with E-state index in [1.165, 1.54) is 6.92 Å². The van der Waals surface area contributed by atoms with Gasteiger partial charge in [-0.1, -0.05) is 127 Å². The lowest BCUT2D eigenvalue weighted by Crippen LogP contribution is -2.61. The van der Waals surface area contributed by atoms with Crippen LogP contribution in [0.1, 0.15) is 169 Å². The van der Waals surface area contributed by atoms with E-state index >= 15 is 19.2 Å². The molecule has 2 aliphatic carbocycles. The van der Waals surface area contributed by atoms with E-state index in [1.54, 1.807) is 121 Å². The van der Waals surface area contributed by atoms with Gasteiger partial charge in [-0.25, -0.2) is 9.48 Å². The summed E-state index contributed by atoms with van der Waals surface area (Å²) in [5.41, 5.74) is 39.3. The first-order chi connectivity index (χ1) is 68.6. The molecule has 29 N–H and O–H groups in total. The van der Waals surface area contributed by atoms with Crippen LogP contribution in [0.15, 0.2) is 121 Å². The first-order valence-electron chi connectivity index (χ1n) is 49.5. The van der Waals surface area contributed by atoms with Crippen LogP contribution in [0.4, 0.5) is 4.79 Å². The van der Waals surface area contributed by atoms with Crippen LogP contribution in [0.25, 0.3) is 0 Å². The second-order valence-corrected chi connectivity index (χ2v) is 35.9. The van der Waals surface area contributed by atoms with Crippen molar-refractivity contribution in [3.05, 3.63) is 155 Å². The monoisotopic (exact) mass is 1980 g/mol. The molecule has 778 valence electrons. The fourth-order valence-corrected chi connectivity index (χ4v) is 16.9. The number of unbranched alkanes of at least 4 members (excludes halogenated alkanes) is 3. The van der Waals surface area contributed by atoms with Crippen LogP contribution in [-0.4, -0.2) is 268 Å². The van der Waals surface area contributed by atoms with E-state index < -0.39 is 143 Å². The number of rotatable bonds is 29. The van der Waals surface area contributed by atoms with Crippen LogP contribution < -0.4 is 114 Å². The molecule has 2 bridgehead atoms. The van der Waals surface area contributed by atoms with Crippen molar-refractivity contribution in [1.82, 2.24) is 94.7 Å². The number of nitrogens with zero attached hydrogens (tertiary/aromatic N) is 3. The second-order valence-electron chi connectivity index (χ2n) is 35.9. The van der Waals surface area contributed by atoms with Crippen molar-refractivity contribution in [2.75, 3.05) is 92.1 Å². The van der Waals surface area contributed by atoms with Crippen LogP contribution in [0.5, 0.6) is 0 Å². The van der Waals surface area contributed by atoms with Gasteiger partial charge in [-0.15, -0.1) is 5.10 Å². The zero-order valence-corrected chi connectivity index (χ0v) is 81.3. The quantitative estimate of drug-likeness (QED) is 0.0149. The lowest BCUT2D eigenvalue weighted by molar-refractivity contribution is -0.136. The number of benzene rings is 4. The van der Waals surface area contributed by atoms with E-state index in [0.717, 1.165) is 30.7 Å². The summed E-state index contributed by atoms with van der Waals surface area (Å²) in [6, 6.07) is 19.3. The van der Waals surface area contributed by atoms with Gasteiger partial charge in [-0.2, -0.15) is 0 Å². The molecule has 4 aromatic carbocycles. The third kappa shape index (κ3) is 42.2. The number of amides is 14. The molecule has 44 heteroatoms. The van der Waals surface area contributed by atoms with Gasteiger partial charge in [0.15, 0.2) is 11.9 Å². The Labute approximate surface area is 828 Å². The van der Waals surface area contributed by atoms with Crippen molar-refractivity contribution in [2.45, 2.75) is 247 Å². The van der Waals surface area contributed by atoms with E-state index in [4.69, 9.17) is 64.2 Å². The number of cyclic esters (lactones) is 1. The number of carbonyl (C=O) groups is 14. The average molecular weight is 1980 g/mol. The molecule has 44 nitrogen and oxygen atoms in total. The summed E-state index contributed by atoms with van der Waals surface area (Å²) in [6.07, 6.45) is 4.89. The highest BCUT2D eigenvalue weighted by Gasteiger charge is 2.51. The molecule has 0 radical (unpaired) electrons. The molecular weight excluding hydrogens is 1830 g/mol. The normalized spacial score (nSPS) is 24.1. The number of hydrogen-bond acceptors (Lipinski definition) is 25. The molecule has 5 aromatic rings. The molecule has 3 aliphatic rings. The number of primary amides is 1. The van der Waals surface area contributed by atoms with Crippen LogP contribution in [0.3, 0.4) is 0 Å². The van der Waals surface area contributed by atoms with Crippen LogP contribution >= 0.6 is 0 Å². The average Bonchev–Trinajstić information content (AvgIpc) is 1.61. The highest BCUT2D eigenvalue weighted by Crippen LogP contribution is 2.53. The third-order valence-corrected chi connectivity index (χ3v) is 24.9. The fourth-order valence-electron chi connectivity index (χ4n) is 16.9. The van der Waals surface area contributed by atoms with Gasteiger partial charge in [0.25, 0.3) is 0 Å². The Morgan fingerprint density at radius 1 is 0.387 bits per heavy atom. The molecule has 14 atom stereocenters. The van der Waals surface area contributed by atoms with Crippen LogP contribution in [0.2, 0.25) is 0 Å². The largest absolute Gasteiger partial charge is 0.449 e. The van der Waals surface area contributed by atoms with Gasteiger partial charge < -0.3 is 133 Å². The summed E-state index contributed by atoms with van der Waals surface area (Å²) < 4.78 is 24.8. The molecule has 1 aromatic heterocycles. The number of nitrogens with one attached hydrogen (secondary N) is 17. The van der Waals surface area contributed by atoms with Crippen molar-refractivity contribution in [2.24, 2.45) is 52.2 Å². The van der Waals surface area contributed by atoms with Crippen molar-refractivity contribution < 1.29 is 86.1 Å². The number of aryl methyl sites for hydroxylation is 1. The van der Waals surface area contributed by atoms with Gasteiger partial charge >= 0.3 is 6.09 Å². The molecule has 0 spiro atoms. The summed E-state index contributed by atoms with van der Waals surface area (Å²) in [7, 11) is 0. The fraction of sp³-hybridized carbons (Fsp3) is 0.571. The van der Waals surface area contributed by atoms with E-state index in [1.807, 2.05) is 4.68 Å². The molecule has 1 aliphatic heterocycles. The van der Waals surface area contributed by atoms with Gasteiger partial charge in [0.2, 0.25) is 76.8 Å². The Morgan fingerprint density at radius 3 is 1.19 bits per heavy atom. The summed E-state index contributed by atoms with van der Waals surface area (Å²) >= 11 is 0. The Hall–Kier alpha value is -13.3. The standard InChI is InChI=1S/C98H148N26O18/c1-63-86(128)118-78(58-64-24-6-2-7-25-64)93(135)116-75(35-16-20-46-101)89(131)115-77(37-23-49-109-97(105)106)91(133)120-81(61-67-30-12-5-13-31-67)95(137)121-79(59-65-26-8-3-9-27-65)92(134)113-72(85(102)127)32-17-21-47-107-83(125)42-52-139-55-51-124-82-41-39-69-68(38-40-71(82)122-123-124)70(69)62-142-98(138)110-50-54-141-57-56-140-53-43-84(126)112-73(33-14-18-44-99)88(130)119-80(60-66-28-10-4-11-29-66)94(136)117-76(36-22-48-108-96(103)104)90(132)114-74(87(129)111-63)34-15-19-45-100/h2-13,24-31,63,68-70,72-81H,14-23,32-62,99-101H2,1H3,(H2,102,127)(H,107,125)(H,110,138)(H,111,129)(H,112,126)(H,113,134)(H,114,132)(H,115,131)(H,116,135)(H,117,136)(H,118,128)(H,119,130)(H,120,133)(H,121,137)(H4,103,104,108)(H4,105,106,109)/t63-,68?,69?,70?,72-,73-,74-,75-,76-,77-,78-,79-,80-,81-/m0/s1. The first kappa shape index (κ1) is 114. The maximum Gasteiger partial charge on any atom is 0.407 e. The topological polar surface area (TPSA) is 691 Å². The van der Waals surface area contributed by atoms with Gasteiger partial charge in [-0.05, 0) is 195 Å². The van der Waals surface area contributed by atoms with E-state index in [0.29, 0.717) is 85.6 Å². The van der Waals surface area contributed by atoms with Gasteiger partial charge in [0.05, 0.1) is 64.2 Å². The summed E-state index contributed by atoms with van der Waals surface area (Å²) in [5.74, 6) is -9.92.